The van der Waals surface area contributed by atoms with Gasteiger partial charge in [0.1, 0.15) is 0 Å². The SMILES string of the molecule is CC1(C)CCN(S(=O)(=O)N2CCCCC2CO)CC1. The van der Waals surface area contributed by atoms with Crippen molar-refractivity contribution in [1.29, 1.82) is 0 Å². The Morgan fingerprint density at radius 3 is 2.37 bits per heavy atom. The first-order chi connectivity index (χ1) is 8.87. The van der Waals surface area contributed by atoms with Gasteiger partial charge in [-0.2, -0.15) is 17.0 Å². The van der Waals surface area contributed by atoms with Gasteiger partial charge in [0.15, 0.2) is 0 Å². The Kier molecular flexibility index (Phi) is 4.55. The summed E-state index contributed by atoms with van der Waals surface area (Å²) in [5.74, 6) is 0. The van der Waals surface area contributed by atoms with Crippen LogP contribution in [0.1, 0.15) is 46.0 Å². The van der Waals surface area contributed by atoms with E-state index in [1.165, 1.54) is 4.31 Å². The minimum atomic E-state index is -3.39. The van der Waals surface area contributed by atoms with Gasteiger partial charge in [-0.25, -0.2) is 0 Å². The molecule has 1 atom stereocenters. The molecule has 2 aliphatic rings. The maximum absolute atomic E-state index is 12.7. The molecule has 2 rings (SSSR count). The van der Waals surface area contributed by atoms with Crippen LogP contribution in [0, 0.1) is 5.41 Å². The van der Waals surface area contributed by atoms with Crippen LogP contribution in [0.2, 0.25) is 0 Å². The fourth-order valence-corrected chi connectivity index (χ4v) is 4.78. The van der Waals surface area contributed by atoms with Gasteiger partial charge in [0.25, 0.3) is 10.2 Å². The molecule has 0 spiro atoms. The molecule has 5 nitrogen and oxygen atoms in total. The molecule has 112 valence electrons. The first kappa shape index (κ1) is 15.2. The van der Waals surface area contributed by atoms with Crippen molar-refractivity contribution in [3.63, 3.8) is 0 Å². The number of aliphatic hydroxyl groups excluding tert-OH is 1. The zero-order valence-corrected chi connectivity index (χ0v) is 12.8. The minimum absolute atomic E-state index is 0.0709. The number of nitrogens with zero attached hydrogens (tertiary/aromatic N) is 2. The lowest BCUT2D eigenvalue weighted by Crippen LogP contribution is -2.54. The average Bonchev–Trinajstić information content (AvgIpc) is 2.38. The average molecular weight is 290 g/mol. The fraction of sp³-hybridized carbons (Fsp3) is 1.00. The number of hydrogen-bond donors (Lipinski definition) is 1. The van der Waals surface area contributed by atoms with Crippen LogP contribution in [0.25, 0.3) is 0 Å². The van der Waals surface area contributed by atoms with Crippen LogP contribution in [0.15, 0.2) is 0 Å². The van der Waals surface area contributed by atoms with E-state index < -0.39 is 10.2 Å². The van der Waals surface area contributed by atoms with Crippen molar-refractivity contribution in [2.75, 3.05) is 26.2 Å². The third-order valence-corrected chi connectivity index (χ3v) is 6.57. The molecule has 0 aromatic carbocycles. The molecule has 0 aromatic heterocycles. The summed E-state index contributed by atoms with van der Waals surface area (Å²) in [7, 11) is -3.39. The molecule has 0 aromatic rings. The Hall–Kier alpha value is -0.170. The Labute approximate surface area is 116 Å². The summed E-state index contributed by atoms with van der Waals surface area (Å²) in [6.07, 6.45) is 4.49. The highest BCUT2D eigenvalue weighted by Crippen LogP contribution is 2.32. The van der Waals surface area contributed by atoms with E-state index in [2.05, 4.69) is 13.8 Å². The van der Waals surface area contributed by atoms with Crippen molar-refractivity contribution >= 4 is 10.2 Å². The lowest BCUT2D eigenvalue weighted by molar-refractivity contribution is 0.136. The molecule has 0 bridgehead atoms. The normalized spacial score (nSPS) is 30.4. The standard InChI is InChI=1S/C13H26N2O3S/c1-13(2)6-9-14(10-7-13)19(17,18)15-8-4-3-5-12(15)11-16/h12,16H,3-11H2,1-2H3. The van der Waals surface area contributed by atoms with Crippen LogP contribution in [-0.2, 0) is 10.2 Å². The molecule has 1 unspecified atom stereocenters. The number of aliphatic hydroxyl groups is 1. The predicted molar refractivity (Wildman–Crippen MR) is 74.9 cm³/mol. The van der Waals surface area contributed by atoms with Gasteiger partial charge in [-0.05, 0) is 31.1 Å². The fourth-order valence-electron chi connectivity index (χ4n) is 2.93. The maximum Gasteiger partial charge on any atom is 0.282 e. The van der Waals surface area contributed by atoms with E-state index in [1.54, 1.807) is 4.31 Å². The highest BCUT2D eigenvalue weighted by atomic mass is 32.2. The first-order valence-corrected chi connectivity index (χ1v) is 8.64. The largest absolute Gasteiger partial charge is 0.395 e. The Morgan fingerprint density at radius 1 is 1.16 bits per heavy atom. The highest BCUT2D eigenvalue weighted by molar-refractivity contribution is 7.86. The molecular weight excluding hydrogens is 264 g/mol. The second-order valence-electron chi connectivity index (χ2n) is 6.51. The molecule has 2 aliphatic heterocycles. The van der Waals surface area contributed by atoms with Gasteiger partial charge in [-0.15, -0.1) is 0 Å². The summed E-state index contributed by atoms with van der Waals surface area (Å²) in [6.45, 7) is 6.06. The zero-order valence-electron chi connectivity index (χ0n) is 12.0. The van der Waals surface area contributed by atoms with Gasteiger partial charge >= 0.3 is 0 Å². The quantitative estimate of drug-likeness (QED) is 0.849. The smallest absolute Gasteiger partial charge is 0.282 e. The molecule has 0 saturated carbocycles. The van der Waals surface area contributed by atoms with Crippen LogP contribution < -0.4 is 0 Å². The second kappa shape index (κ2) is 5.68. The molecule has 0 radical (unpaired) electrons. The van der Waals surface area contributed by atoms with Gasteiger partial charge < -0.3 is 5.11 Å². The van der Waals surface area contributed by atoms with E-state index in [1.807, 2.05) is 0 Å². The molecule has 1 N–H and O–H groups in total. The third kappa shape index (κ3) is 3.29. The van der Waals surface area contributed by atoms with Gasteiger partial charge in [0, 0.05) is 25.7 Å². The predicted octanol–water partition coefficient (Wildman–Crippen LogP) is 1.20. The molecule has 2 saturated heterocycles. The summed E-state index contributed by atoms with van der Waals surface area (Å²) in [6, 6.07) is -0.228. The minimum Gasteiger partial charge on any atom is -0.395 e. The molecular formula is C13H26N2O3S. The summed E-state index contributed by atoms with van der Waals surface area (Å²) in [5, 5.41) is 9.38. The molecule has 2 heterocycles. The van der Waals surface area contributed by atoms with E-state index in [0.29, 0.717) is 19.6 Å². The third-order valence-electron chi connectivity index (χ3n) is 4.48. The van der Waals surface area contributed by atoms with Crippen LogP contribution in [-0.4, -0.2) is 54.4 Å². The number of hydrogen-bond acceptors (Lipinski definition) is 3. The van der Waals surface area contributed by atoms with Crippen LogP contribution in [0.3, 0.4) is 0 Å². The van der Waals surface area contributed by atoms with Crippen LogP contribution in [0.4, 0.5) is 0 Å². The van der Waals surface area contributed by atoms with Crippen molar-refractivity contribution in [3.05, 3.63) is 0 Å². The van der Waals surface area contributed by atoms with Gasteiger partial charge in [0.05, 0.1) is 6.61 Å². The van der Waals surface area contributed by atoms with E-state index in [-0.39, 0.29) is 18.1 Å². The van der Waals surface area contributed by atoms with E-state index in [9.17, 15) is 13.5 Å². The molecule has 0 aliphatic carbocycles. The van der Waals surface area contributed by atoms with E-state index in [4.69, 9.17) is 0 Å². The summed E-state index contributed by atoms with van der Waals surface area (Å²) < 4.78 is 28.4. The van der Waals surface area contributed by atoms with Gasteiger partial charge in [-0.1, -0.05) is 20.3 Å². The molecule has 6 heteroatoms. The first-order valence-electron chi connectivity index (χ1n) is 7.25. The summed E-state index contributed by atoms with van der Waals surface area (Å²) >= 11 is 0. The van der Waals surface area contributed by atoms with Crippen molar-refractivity contribution in [2.24, 2.45) is 5.41 Å². The summed E-state index contributed by atoms with van der Waals surface area (Å²) in [4.78, 5) is 0. The lowest BCUT2D eigenvalue weighted by atomic mass is 9.83. The van der Waals surface area contributed by atoms with Gasteiger partial charge in [0.2, 0.25) is 0 Å². The van der Waals surface area contributed by atoms with Crippen molar-refractivity contribution in [3.8, 4) is 0 Å². The summed E-state index contributed by atoms with van der Waals surface area (Å²) in [5.41, 5.74) is 0.240. The van der Waals surface area contributed by atoms with Gasteiger partial charge in [-0.3, -0.25) is 0 Å². The highest BCUT2D eigenvalue weighted by Gasteiger charge is 2.39. The maximum atomic E-state index is 12.7. The monoisotopic (exact) mass is 290 g/mol. The van der Waals surface area contributed by atoms with Crippen LogP contribution >= 0.6 is 0 Å². The van der Waals surface area contributed by atoms with Crippen molar-refractivity contribution in [2.45, 2.75) is 52.0 Å². The molecule has 2 fully saturated rings. The Balaban J connectivity index is 2.09. The second-order valence-corrected chi connectivity index (χ2v) is 8.40. The lowest BCUT2D eigenvalue weighted by Gasteiger charge is -2.41. The Morgan fingerprint density at radius 2 is 1.79 bits per heavy atom. The zero-order chi connectivity index (χ0) is 14.1. The number of rotatable bonds is 3. The van der Waals surface area contributed by atoms with Crippen molar-refractivity contribution < 1.29 is 13.5 Å². The number of piperidine rings is 2. The van der Waals surface area contributed by atoms with Crippen molar-refractivity contribution in [1.82, 2.24) is 8.61 Å². The molecule has 19 heavy (non-hydrogen) atoms. The van der Waals surface area contributed by atoms with E-state index in [0.717, 1.165) is 32.1 Å². The Bertz CT molecular complexity index is 398. The molecule has 0 amide bonds. The topological polar surface area (TPSA) is 60.9 Å². The van der Waals surface area contributed by atoms with Crippen LogP contribution in [0.5, 0.6) is 0 Å². The van der Waals surface area contributed by atoms with E-state index >= 15 is 0 Å².